The number of nitrogens with one attached hydrogen (secondary N) is 3. The minimum Gasteiger partial charge on any atom is -0.494 e. The van der Waals surface area contributed by atoms with Gasteiger partial charge in [0.1, 0.15) is 28.8 Å². The fourth-order valence-corrected chi connectivity index (χ4v) is 4.89. The molecule has 1 aliphatic rings. The molecule has 3 N–H and O–H groups in total. The van der Waals surface area contributed by atoms with E-state index in [4.69, 9.17) is 21.1 Å². The Morgan fingerprint density at radius 3 is 2.49 bits per heavy atom. The number of fused-ring (bicyclic) bond motifs is 1. The molecule has 4 aromatic rings. The number of hydrogen-bond donors (Lipinski definition) is 3. The Morgan fingerprint density at radius 2 is 1.81 bits per heavy atom. The Hall–Kier alpha value is -4.65. The molecule has 43 heavy (non-hydrogen) atoms. The van der Waals surface area contributed by atoms with Crippen LogP contribution in [0.3, 0.4) is 0 Å². The SMILES string of the molecule is COc1cc(N2CCN(C(=O)OC(C)(C)C)CC2)ccc1Nc1nc(Nc2c(F)cc(F)cc2Cl)cc2cn[nH]c(=O)c12. The molecule has 1 saturated heterocycles. The number of ether oxygens (including phenoxy) is 2. The Labute approximate surface area is 250 Å². The lowest BCUT2D eigenvalue weighted by Crippen LogP contribution is -2.50. The zero-order valence-electron chi connectivity index (χ0n) is 23.9. The van der Waals surface area contributed by atoms with Gasteiger partial charge < -0.3 is 29.9 Å². The number of methoxy groups -OCH3 is 1. The first kappa shape index (κ1) is 29.8. The van der Waals surface area contributed by atoms with Crippen LogP contribution >= 0.6 is 11.6 Å². The zero-order valence-corrected chi connectivity index (χ0v) is 24.7. The topological polar surface area (TPSA) is 125 Å². The quantitative estimate of drug-likeness (QED) is 0.247. The van der Waals surface area contributed by atoms with Gasteiger partial charge in [-0.1, -0.05) is 11.6 Å². The number of carbonyl (C=O) groups is 1. The predicted octanol–water partition coefficient (Wildman–Crippen LogP) is 5.80. The van der Waals surface area contributed by atoms with Crippen LogP contribution in [0.2, 0.25) is 5.02 Å². The van der Waals surface area contributed by atoms with Crippen LogP contribution in [0, 0.1) is 11.6 Å². The fraction of sp³-hybridized carbons (Fsp3) is 0.310. The summed E-state index contributed by atoms with van der Waals surface area (Å²) in [5, 5.41) is 12.6. The average molecular weight is 614 g/mol. The second kappa shape index (κ2) is 11.9. The molecule has 2 aromatic carbocycles. The molecule has 226 valence electrons. The lowest BCUT2D eigenvalue weighted by atomic mass is 10.2. The summed E-state index contributed by atoms with van der Waals surface area (Å²) in [6.07, 6.45) is 1.09. The van der Waals surface area contributed by atoms with E-state index in [1.54, 1.807) is 11.0 Å². The Morgan fingerprint density at radius 1 is 1.07 bits per heavy atom. The molecule has 0 radical (unpaired) electrons. The molecule has 1 amide bonds. The van der Waals surface area contributed by atoms with Gasteiger partial charge in [-0.05, 0) is 45.0 Å². The second-order valence-electron chi connectivity index (χ2n) is 10.9. The number of hydrogen-bond acceptors (Lipinski definition) is 9. The van der Waals surface area contributed by atoms with Crippen molar-refractivity contribution in [3.8, 4) is 5.75 Å². The van der Waals surface area contributed by atoms with Crippen LogP contribution in [0.15, 0.2) is 47.4 Å². The summed E-state index contributed by atoms with van der Waals surface area (Å²) in [7, 11) is 1.52. The average Bonchev–Trinajstić information content (AvgIpc) is 2.94. The van der Waals surface area contributed by atoms with Gasteiger partial charge in [0.05, 0.1) is 35.1 Å². The molecule has 2 aromatic heterocycles. The maximum atomic E-state index is 14.5. The van der Waals surface area contributed by atoms with Gasteiger partial charge in [-0.15, -0.1) is 0 Å². The summed E-state index contributed by atoms with van der Waals surface area (Å²) in [5.74, 6) is -0.987. The largest absolute Gasteiger partial charge is 0.494 e. The first-order valence-electron chi connectivity index (χ1n) is 13.4. The van der Waals surface area contributed by atoms with Crippen molar-refractivity contribution in [1.29, 1.82) is 0 Å². The molecule has 0 atom stereocenters. The molecule has 11 nitrogen and oxygen atoms in total. The number of aromatic nitrogens is 3. The van der Waals surface area contributed by atoms with Gasteiger partial charge in [0.25, 0.3) is 5.56 Å². The van der Waals surface area contributed by atoms with Crippen molar-refractivity contribution in [2.45, 2.75) is 26.4 Å². The van der Waals surface area contributed by atoms with Crippen LogP contribution < -0.4 is 25.8 Å². The van der Waals surface area contributed by atoms with Crippen molar-refractivity contribution >= 4 is 57.2 Å². The lowest BCUT2D eigenvalue weighted by Gasteiger charge is -2.37. The number of carbonyl (C=O) groups excluding carboxylic acids is 1. The van der Waals surface area contributed by atoms with Crippen LogP contribution in [0.5, 0.6) is 5.75 Å². The number of rotatable bonds is 6. The molecular formula is C29H30ClF2N7O4. The van der Waals surface area contributed by atoms with Gasteiger partial charge in [-0.2, -0.15) is 5.10 Å². The van der Waals surface area contributed by atoms with Crippen LogP contribution in [0.1, 0.15) is 20.8 Å². The molecule has 0 unspecified atom stereocenters. The Bertz CT molecular complexity index is 1710. The third kappa shape index (κ3) is 6.72. The number of H-pyrrole nitrogens is 1. The number of nitrogens with zero attached hydrogens (tertiary/aromatic N) is 4. The van der Waals surface area contributed by atoms with E-state index in [-0.39, 0.29) is 33.8 Å². The first-order valence-corrected chi connectivity index (χ1v) is 13.8. The van der Waals surface area contributed by atoms with Crippen molar-refractivity contribution in [2.24, 2.45) is 0 Å². The van der Waals surface area contributed by atoms with Gasteiger partial charge in [0.15, 0.2) is 5.82 Å². The highest BCUT2D eigenvalue weighted by molar-refractivity contribution is 6.33. The van der Waals surface area contributed by atoms with Gasteiger partial charge in [0, 0.05) is 49.4 Å². The Balaban J connectivity index is 1.41. The highest BCUT2D eigenvalue weighted by atomic mass is 35.5. The number of halogens is 3. The number of amides is 1. The van der Waals surface area contributed by atoms with E-state index in [9.17, 15) is 18.4 Å². The van der Waals surface area contributed by atoms with Crippen molar-refractivity contribution in [3.05, 3.63) is 69.6 Å². The Kier molecular flexibility index (Phi) is 8.27. The van der Waals surface area contributed by atoms with Crippen molar-refractivity contribution in [1.82, 2.24) is 20.1 Å². The van der Waals surface area contributed by atoms with Crippen LogP contribution in [-0.4, -0.2) is 65.1 Å². The van der Waals surface area contributed by atoms with Gasteiger partial charge in [-0.3, -0.25) is 4.79 Å². The van der Waals surface area contributed by atoms with Gasteiger partial charge >= 0.3 is 6.09 Å². The molecule has 0 bridgehead atoms. The summed E-state index contributed by atoms with van der Waals surface area (Å²) in [4.78, 5) is 33.5. The summed E-state index contributed by atoms with van der Waals surface area (Å²) in [6, 6.07) is 8.69. The van der Waals surface area contributed by atoms with Crippen molar-refractivity contribution < 1.29 is 23.0 Å². The maximum Gasteiger partial charge on any atom is 0.410 e. The van der Waals surface area contributed by atoms with E-state index in [0.29, 0.717) is 49.1 Å². The number of piperazine rings is 1. The van der Waals surface area contributed by atoms with E-state index in [1.165, 1.54) is 19.4 Å². The molecule has 0 spiro atoms. The van der Waals surface area contributed by atoms with Gasteiger partial charge in [-0.25, -0.2) is 23.7 Å². The molecule has 1 aliphatic heterocycles. The maximum absolute atomic E-state index is 14.5. The predicted molar refractivity (Wildman–Crippen MR) is 161 cm³/mol. The third-order valence-electron chi connectivity index (χ3n) is 6.64. The minimum atomic E-state index is -0.908. The van der Waals surface area contributed by atoms with E-state index in [1.807, 2.05) is 32.9 Å². The summed E-state index contributed by atoms with van der Waals surface area (Å²) in [6.45, 7) is 7.71. The minimum absolute atomic E-state index is 0.133. The number of aromatic amines is 1. The molecule has 0 saturated carbocycles. The van der Waals surface area contributed by atoms with Crippen LogP contribution in [0.4, 0.5) is 42.3 Å². The summed E-state index contributed by atoms with van der Waals surface area (Å²) >= 11 is 6.07. The van der Waals surface area contributed by atoms with E-state index < -0.39 is 22.8 Å². The summed E-state index contributed by atoms with van der Waals surface area (Å²) in [5.41, 5.74) is 0.150. The van der Waals surface area contributed by atoms with Crippen LogP contribution in [-0.2, 0) is 4.74 Å². The van der Waals surface area contributed by atoms with Crippen LogP contribution in [0.25, 0.3) is 10.8 Å². The van der Waals surface area contributed by atoms with Gasteiger partial charge in [0.2, 0.25) is 0 Å². The zero-order chi connectivity index (χ0) is 30.9. The van der Waals surface area contributed by atoms with Crippen molar-refractivity contribution in [3.63, 3.8) is 0 Å². The molecule has 0 aliphatic carbocycles. The molecular weight excluding hydrogens is 584 g/mol. The number of anilines is 5. The number of benzene rings is 2. The number of pyridine rings is 1. The molecule has 14 heteroatoms. The summed E-state index contributed by atoms with van der Waals surface area (Å²) < 4.78 is 39.2. The van der Waals surface area contributed by atoms with E-state index >= 15 is 0 Å². The van der Waals surface area contributed by atoms with E-state index in [0.717, 1.165) is 11.8 Å². The molecule has 1 fully saturated rings. The lowest BCUT2D eigenvalue weighted by molar-refractivity contribution is 0.0240. The third-order valence-corrected chi connectivity index (χ3v) is 6.94. The molecule has 5 rings (SSSR count). The smallest absolute Gasteiger partial charge is 0.410 e. The van der Waals surface area contributed by atoms with E-state index in [2.05, 4.69) is 30.7 Å². The molecule has 3 heterocycles. The fourth-order valence-electron chi connectivity index (χ4n) is 4.65. The highest BCUT2D eigenvalue weighted by Crippen LogP contribution is 2.35. The normalized spacial score (nSPS) is 13.7. The standard InChI is InChI=1S/C29H30ClF2N7O4/c1-29(2,3)43-28(41)39-9-7-38(8-10-39)18-5-6-21(22(14-18)42-4)34-26-24-16(15-33-37-27(24)40)11-23(36-26)35-25-19(30)12-17(31)13-20(25)32/h5-6,11-15H,7-10H2,1-4H3,(H,37,40)(H2,34,35,36). The van der Waals surface area contributed by atoms with Crippen molar-refractivity contribution in [2.75, 3.05) is 48.8 Å². The second-order valence-corrected chi connectivity index (χ2v) is 11.3. The monoisotopic (exact) mass is 613 g/mol. The highest BCUT2D eigenvalue weighted by Gasteiger charge is 2.26. The first-order chi connectivity index (χ1) is 20.4.